The summed E-state index contributed by atoms with van der Waals surface area (Å²) in [6, 6.07) is 48.4. The van der Waals surface area contributed by atoms with Crippen LogP contribution in [0, 0.1) is 0 Å². The topological polar surface area (TPSA) is 117 Å². The van der Waals surface area contributed by atoms with Crippen LogP contribution in [0.15, 0.2) is 173 Å². The zero-order valence-electron chi connectivity index (χ0n) is 30.5. The lowest BCUT2D eigenvalue weighted by atomic mass is 9.93. The van der Waals surface area contributed by atoms with Crippen molar-refractivity contribution >= 4 is 65.9 Å². The van der Waals surface area contributed by atoms with E-state index < -0.39 is 0 Å². The fourth-order valence-corrected chi connectivity index (χ4v) is 7.91. The second-order valence-electron chi connectivity index (χ2n) is 14.2. The van der Waals surface area contributed by atoms with Gasteiger partial charge >= 0.3 is 0 Å². The highest BCUT2D eigenvalue weighted by molar-refractivity contribution is 6.13. The van der Waals surface area contributed by atoms with Crippen LogP contribution in [0.1, 0.15) is 0 Å². The first-order valence-electron chi connectivity index (χ1n) is 18.9. The largest absolute Gasteiger partial charge is 0.454 e. The third-order valence-electron chi connectivity index (χ3n) is 10.6. The maximum absolute atomic E-state index is 6.38. The molecule has 270 valence electrons. The standard InChI is InChI=1S/C49H27N7O2/c1-3-10-28(11-4-1)47-54-48(29-12-5-2-6-13-29)56-49(55-47)33-23-31(35-25-30-14-7-19-50-43(30)46-34(35)15-8-20-52-46)22-32(24-33)38-17-18-40-45(53-38)37-27-41-36(26-42(37)58-40)44-39(57-41)16-9-21-51-44/h1-27H. The molecular weight excluding hydrogens is 719 g/mol. The van der Waals surface area contributed by atoms with Crippen LogP contribution in [-0.2, 0) is 0 Å². The van der Waals surface area contributed by atoms with Crippen LogP contribution in [0.3, 0.4) is 0 Å². The average molecular weight is 746 g/mol. The van der Waals surface area contributed by atoms with Gasteiger partial charge in [-0.3, -0.25) is 15.0 Å². The van der Waals surface area contributed by atoms with Crippen LogP contribution in [0.4, 0.5) is 0 Å². The molecule has 0 bridgehead atoms. The number of rotatable bonds is 5. The van der Waals surface area contributed by atoms with E-state index >= 15 is 0 Å². The van der Waals surface area contributed by atoms with Gasteiger partial charge in [0.1, 0.15) is 22.2 Å². The van der Waals surface area contributed by atoms with Gasteiger partial charge in [-0.25, -0.2) is 19.9 Å². The van der Waals surface area contributed by atoms with E-state index in [9.17, 15) is 0 Å². The van der Waals surface area contributed by atoms with Crippen LogP contribution in [0.25, 0.3) is 122 Å². The number of hydrogen-bond acceptors (Lipinski definition) is 9. The highest BCUT2D eigenvalue weighted by Gasteiger charge is 2.19. The number of aromatic nitrogens is 7. The van der Waals surface area contributed by atoms with Crippen LogP contribution in [0.5, 0.6) is 0 Å². The molecule has 0 aliphatic carbocycles. The number of benzene rings is 5. The monoisotopic (exact) mass is 745 g/mol. The summed E-state index contributed by atoms with van der Waals surface area (Å²) in [4.78, 5) is 34.5. The van der Waals surface area contributed by atoms with E-state index in [1.807, 2.05) is 122 Å². The molecule has 0 aliphatic heterocycles. The van der Waals surface area contributed by atoms with Crippen molar-refractivity contribution in [3.63, 3.8) is 0 Å². The van der Waals surface area contributed by atoms with Gasteiger partial charge in [0.2, 0.25) is 0 Å². The number of hydrogen-bond donors (Lipinski definition) is 0. The molecule has 0 N–H and O–H groups in total. The SMILES string of the molecule is c1ccc(-c2nc(-c3ccccc3)nc(-c3cc(-c4ccc5oc6cc7c(cc6c5n4)oc4cccnc47)cc(-c4cc5cccnc5c5ncccc45)c3)n2)cc1. The zero-order chi connectivity index (χ0) is 38.2. The van der Waals surface area contributed by atoms with Crippen LogP contribution in [0.2, 0.25) is 0 Å². The lowest BCUT2D eigenvalue weighted by Gasteiger charge is -2.14. The summed E-state index contributed by atoms with van der Waals surface area (Å²) in [5, 5.41) is 3.73. The molecule has 12 rings (SSSR count). The van der Waals surface area contributed by atoms with Gasteiger partial charge in [0.25, 0.3) is 0 Å². The van der Waals surface area contributed by atoms with Crippen molar-refractivity contribution in [2.75, 3.05) is 0 Å². The van der Waals surface area contributed by atoms with Crippen molar-refractivity contribution in [3.8, 4) is 56.5 Å². The molecule has 0 saturated carbocycles. The van der Waals surface area contributed by atoms with E-state index in [-0.39, 0.29) is 0 Å². The molecule has 0 atom stereocenters. The minimum atomic E-state index is 0.538. The molecule has 7 aromatic heterocycles. The Morgan fingerprint density at radius 3 is 1.62 bits per heavy atom. The maximum Gasteiger partial charge on any atom is 0.164 e. The van der Waals surface area contributed by atoms with Crippen molar-refractivity contribution in [1.29, 1.82) is 0 Å². The lowest BCUT2D eigenvalue weighted by Crippen LogP contribution is -2.00. The van der Waals surface area contributed by atoms with E-state index in [0.29, 0.717) is 28.6 Å². The van der Waals surface area contributed by atoms with Crippen molar-refractivity contribution in [3.05, 3.63) is 164 Å². The van der Waals surface area contributed by atoms with Gasteiger partial charge in [-0.05, 0) is 83.9 Å². The second kappa shape index (κ2) is 12.7. The molecule has 0 radical (unpaired) electrons. The smallest absolute Gasteiger partial charge is 0.164 e. The lowest BCUT2D eigenvalue weighted by molar-refractivity contribution is 0.663. The highest BCUT2D eigenvalue weighted by atomic mass is 16.3. The molecule has 0 spiro atoms. The summed E-state index contributed by atoms with van der Waals surface area (Å²) in [7, 11) is 0. The van der Waals surface area contributed by atoms with E-state index in [4.69, 9.17) is 38.7 Å². The predicted octanol–water partition coefficient (Wildman–Crippen LogP) is 11.9. The van der Waals surface area contributed by atoms with Crippen molar-refractivity contribution in [1.82, 2.24) is 34.9 Å². The van der Waals surface area contributed by atoms with Gasteiger partial charge < -0.3 is 8.83 Å². The molecule has 7 heterocycles. The molecular formula is C49H27N7O2. The summed E-state index contributed by atoms with van der Waals surface area (Å²) in [5.74, 6) is 1.70. The van der Waals surface area contributed by atoms with Gasteiger partial charge in [-0.15, -0.1) is 0 Å². The normalized spacial score (nSPS) is 11.8. The van der Waals surface area contributed by atoms with Gasteiger partial charge in [0.05, 0.1) is 27.5 Å². The van der Waals surface area contributed by atoms with E-state index in [0.717, 1.165) is 93.9 Å². The first-order chi connectivity index (χ1) is 28.7. The number of nitrogens with zero attached hydrogens (tertiary/aromatic N) is 7. The average Bonchev–Trinajstić information content (AvgIpc) is 3.85. The zero-order valence-corrected chi connectivity index (χ0v) is 30.5. The minimum Gasteiger partial charge on any atom is -0.454 e. The highest BCUT2D eigenvalue weighted by Crippen LogP contribution is 2.40. The minimum absolute atomic E-state index is 0.538. The first kappa shape index (κ1) is 32.1. The number of furan rings is 2. The van der Waals surface area contributed by atoms with Crippen molar-refractivity contribution < 1.29 is 8.83 Å². The van der Waals surface area contributed by atoms with Crippen LogP contribution >= 0.6 is 0 Å². The molecule has 0 aliphatic rings. The van der Waals surface area contributed by atoms with E-state index in [1.165, 1.54) is 0 Å². The Bertz CT molecular complexity index is 3520. The molecule has 5 aromatic carbocycles. The summed E-state index contributed by atoms with van der Waals surface area (Å²) < 4.78 is 12.6. The molecule has 0 fully saturated rings. The number of pyridine rings is 4. The van der Waals surface area contributed by atoms with Gasteiger partial charge in [0.15, 0.2) is 28.6 Å². The van der Waals surface area contributed by atoms with Gasteiger partial charge in [-0.2, -0.15) is 0 Å². The number of fused-ring (bicyclic) bond motifs is 9. The summed E-state index contributed by atoms with van der Waals surface area (Å²) in [5.41, 5.74) is 12.3. The van der Waals surface area contributed by atoms with E-state index in [1.54, 1.807) is 6.20 Å². The maximum atomic E-state index is 6.38. The first-order valence-corrected chi connectivity index (χ1v) is 18.9. The molecule has 9 nitrogen and oxygen atoms in total. The fourth-order valence-electron chi connectivity index (χ4n) is 7.91. The Kier molecular flexibility index (Phi) is 7.02. The Morgan fingerprint density at radius 1 is 0.328 bits per heavy atom. The Morgan fingerprint density at radius 2 is 0.897 bits per heavy atom. The summed E-state index contributed by atoms with van der Waals surface area (Å²) >= 11 is 0. The Labute approximate surface area is 329 Å². The third-order valence-corrected chi connectivity index (χ3v) is 10.6. The molecule has 9 heteroatoms. The Hall–Kier alpha value is -8.17. The predicted molar refractivity (Wildman–Crippen MR) is 228 cm³/mol. The van der Waals surface area contributed by atoms with Crippen LogP contribution < -0.4 is 0 Å². The van der Waals surface area contributed by atoms with Crippen LogP contribution in [-0.4, -0.2) is 34.9 Å². The molecule has 58 heavy (non-hydrogen) atoms. The Balaban J connectivity index is 1.11. The van der Waals surface area contributed by atoms with Gasteiger partial charge in [0, 0.05) is 51.6 Å². The fraction of sp³-hybridized carbons (Fsp3) is 0. The second-order valence-corrected chi connectivity index (χ2v) is 14.2. The summed E-state index contributed by atoms with van der Waals surface area (Å²) in [6.45, 7) is 0. The van der Waals surface area contributed by atoms with Crippen molar-refractivity contribution in [2.45, 2.75) is 0 Å². The molecule has 0 amide bonds. The van der Waals surface area contributed by atoms with Gasteiger partial charge in [-0.1, -0.05) is 72.8 Å². The third kappa shape index (κ3) is 5.21. The van der Waals surface area contributed by atoms with Crippen molar-refractivity contribution in [2.24, 2.45) is 0 Å². The molecule has 0 saturated heterocycles. The molecule has 0 unspecified atom stereocenters. The summed E-state index contributed by atoms with van der Waals surface area (Å²) in [6.07, 6.45) is 5.39. The van der Waals surface area contributed by atoms with E-state index in [2.05, 4.69) is 41.4 Å². The molecule has 12 aromatic rings. The quantitative estimate of drug-likeness (QED) is 0.159.